The van der Waals surface area contributed by atoms with E-state index in [1.54, 1.807) is 0 Å². The van der Waals surface area contributed by atoms with Crippen molar-refractivity contribution in [1.82, 2.24) is 9.55 Å². The van der Waals surface area contributed by atoms with E-state index in [9.17, 15) is 9.59 Å². The maximum Gasteiger partial charge on any atom is 0.334 e. The highest BCUT2D eigenvalue weighted by Crippen LogP contribution is 2.23. The molecule has 2 aromatic rings. The average molecular weight is 372 g/mol. The number of hydrogen-bond donors (Lipinski definition) is 1. The number of benzene rings is 1. The second-order valence-corrected chi connectivity index (χ2v) is 6.63. The molecule has 0 amide bonds. The summed E-state index contributed by atoms with van der Waals surface area (Å²) in [6, 6.07) is 3.75. The van der Waals surface area contributed by atoms with E-state index in [1.807, 2.05) is 39.8 Å². The van der Waals surface area contributed by atoms with Gasteiger partial charge in [0.1, 0.15) is 5.15 Å². The molecule has 0 aliphatic rings. The summed E-state index contributed by atoms with van der Waals surface area (Å²) in [5.41, 5.74) is 1.80. The summed E-state index contributed by atoms with van der Waals surface area (Å²) in [7, 11) is 0. The van der Waals surface area contributed by atoms with Crippen LogP contribution in [0.25, 0.3) is 5.69 Å². The molecule has 1 aromatic carbocycles. The monoisotopic (exact) mass is 370 g/mol. The lowest BCUT2D eigenvalue weighted by molar-refractivity contribution is 0.773. The lowest BCUT2D eigenvalue weighted by atomic mass is 10.1. The highest BCUT2D eigenvalue weighted by atomic mass is 79.9. The van der Waals surface area contributed by atoms with E-state index >= 15 is 0 Å². The molecule has 0 atom stereocenters. The van der Waals surface area contributed by atoms with E-state index in [-0.39, 0.29) is 16.6 Å². The van der Waals surface area contributed by atoms with Gasteiger partial charge in [-0.05, 0) is 43.0 Å². The zero-order valence-corrected chi connectivity index (χ0v) is 14.6. The lowest BCUT2D eigenvalue weighted by Gasteiger charge is -2.15. The van der Waals surface area contributed by atoms with E-state index in [0.29, 0.717) is 11.3 Å². The van der Waals surface area contributed by atoms with E-state index < -0.39 is 5.69 Å². The second-order valence-electron chi connectivity index (χ2n) is 5.34. The van der Waals surface area contributed by atoms with Crippen molar-refractivity contribution in [2.24, 2.45) is 0 Å². The summed E-state index contributed by atoms with van der Waals surface area (Å²) in [4.78, 5) is 27.5. The number of halogens is 2. The van der Waals surface area contributed by atoms with Crippen LogP contribution in [-0.4, -0.2) is 9.55 Å². The van der Waals surface area contributed by atoms with Crippen LogP contribution in [-0.2, 0) is 0 Å². The minimum Gasteiger partial charge on any atom is -0.297 e. The molecule has 1 N–H and O–H groups in total. The summed E-state index contributed by atoms with van der Waals surface area (Å²) in [6.07, 6.45) is 0. The molecule has 21 heavy (non-hydrogen) atoms. The third kappa shape index (κ3) is 2.85. The molecule has 0 bridgehead atoms. The minimum atomic E-state index is -0.525. The predicted molar refractivity (Wildman–Crippen MR) is 88.9 cm³/mol. The van der Waals surface area contributed by atoms with Crippen molar-refractivity contribution < 1.29 is 0 Å². The van der Waals surface area contributed by atoms with Crippen molar-refractivity contribution in [3.8, 4) is 5.69 Å². The van der Waals surface area contributed by atoms with Crippen molar-refractivity contribution in [1.29, 1.82) is 0 Å². The van der Waals surface area contributed by atoms with Crippen LogP contribution in [0.15, 0.2) is 26.2 Å². The number of aromatic nitrogens is 2. The van der Waals surface area contributed by atoms with Crippen molar-refractivity contribution in [3.63, 3.8) is 0 Å². The number of rotatable bonds is 2. The molecule has 2 rings (SSSR count). The Morgan fingerprint density at radius 2 is 1.71 bits per heavy atom. The molecular weight excluding hydrogens is 356 g/mol. The molecule has 6 heteroatoms. The average Bonchev–Trinajstić information content (AvgIpc) is 2.30. The Labute approximate surface area is 135 Å². The van der Waals surface area contributed by atoms with Gasteiger partial charge in [0.05, 0.1) is 11.3 Å². The molecule has 4 nitrogen and oxygen atoms in total. The third-order valence-electron chi connectivity index (χ3n) is 3.35. The molecule has 0 saturated heterocycles. The quantitative estimate of drug-likeness (QED) is 0.819. The van der Waals surface area contributed by atoms with Gasteiger partial charge < -0.3 is 0 Å². The second kappa shape index (κ2) is 5.81. The first kappa shape index (κ1) is 16.0. The van der Waals surface area contributed by atoms with Crippen LogP contribution < -0.4 is 11.2 Å². The Hall–Kier alpha value is -1.33. The number of nitrogens with zero attached hydrogens (tertiary/aromatic N) is 1. The molecule has 0 radical (unpaired) electrons. The van der Waals surface area contributed by atoms with Crippen LogP contribution in [0.4, 0.5) is 0 Å². The molecule has 1 aromatic heterocycles. The molecule has 0 aliphatic heterocycles. The Morgan fingerprint density at radius 3 is 2.19 bits per heavy atom. The van der Waals surface area contributed by atoms with Gasteiger partial charge in [0.2, 0.25) is 0 Å². The number of hydrogen-bond acceptors (Lipinski definition) is 2. The summed E-state index contributed by atoms with van der Waals surface area (Å²) in [5.74, 6) is -0.0795. The standard InChI is InChI=1S/C15H16BrClN2O2/c1-7(2)11-13(17)18-15(21)19(14(11)20)12-8(3)5-10(16)6-9(12)4/h5-7H,1-4H3,(H,18,21). The highest BCUT2D eigenvalue weighted by molar-refractivity contribution is 9.10. The van der Waals surface area contributed by atoms with Crippen LogP contribution in [0.1, 0.15) is 36.5 Å². The Bertz CT molecular complexity index is 798. The van der Waals surface area contributed by atoms with E-state index in [1.165, 1.54) is 4.57 Å². The van der Waals surface area contributed by atoms with Crippen LogP contribution in [0.2, 0.25) is 5.15 Å². The third-order valence-corrected chi connectivity index (χ3v) is 4.10. The van der Waals surface area contributed by atoms with Gasteiger partial charge >= 0.3 is 5.69 Å². The summed E-state index contributed by atoms with van der Waals surface area (Å²) in [6.45, 7) is 7.46. The van der Waals surface area contributed by atoms with E-state index in [2.05, 4.69) is 20.9 Å². The molecular formula is C15H16BrClN2O2. The summed E-state index contributed by atoms with van der Waals surface area (Å²) < 4.78 is 2.07. The molecule has 0 fully saturated rings. The first-order valence-electron chi connectivity index (χ1n) is 6.56. The SMILES string of the molecule is Cc1cc(Br)cc(C)c1-n1c(=O)[nH]c(Cl)c(C(C)C)c1=O. The maximum absolute atomic E-state index is 12.7. The number of aryl methyl sites for hydroxylation is 2. The van der Waals surface area contributed by atoms with Crippen molar-refractivity contribution in [2.75, 3.05) is 0 Å². The smallest absolute Gasteiger partial charge is 0.297 e. The number of aromatic amines is 1. The Morgan fingerprint density at radius 1 is 1.19 bits per heavy atom. The normalized spacial score (nSPS) is 11.2. The van der Waals surface area contributed by atoms with Gasteiger partial charge in [-0.2, -0.15) is 0 Å². The fraction of sp³-hybridized carbons (Fsp3) is 0.333. The van der Waals surface area contributed by atoms with E-state index in [4.69, 9.17) is 11.6 Å². The van der Waals surface area contributed by atoms with Crippen LogP contribution in [0.3, 0.4) is 0 Å². The fourth-order valence-corrected chi connectivity index (χ4v) is 3.55. The van der Waals surface area contributed by atoms with Crippen LogP contribution in [0, 0.1) is 13.8 Å². The molecule has 0 saturated carbocycles. The molecule has 0 spiro atoms. The topological polar surface area (TPSA) is 54.9 Å². The zero-order chi connectivity index (χ0) is 15.9. The largest absolute Gasteiger partial charge is 0.334 e. The first-order valence-corrected chi connectivity index (χ1v) is 7.73. The predicted octanol–water partition coefficient (Wildman–Crippen LogP) is 3.68. The Kier molecular flexibility index (Phi) is 4.44. The first-order chi connectivity index (χ1) is 9.73. The fourth-order valence-electron chi connectivity index (χ4n) is 2.48. The van der Waals surface area contributed by atoms with Crippen molar-refractivity contribution >= 4 is 27.5 Å². The van der Waals surface area contributed by atoms with Crippen LogP contribution in [0.5, 0.6) is 0 Å². The van der Waals surface area contributed by atoms with Crippen LogP contribution >= 0.6 is 27.5 Å². The van der Waals surface area contributed by atoms with Gasteiger partial charge in [-0.25, -0.2) is 9.36 Å². The van der Waals surface area contributed by atoms with Gasteiger partial charge in [0.15, 0.2) is 0 Å². The van der Waals surface area contributed by atoms with E-state index in [0.717, 1.165) is 15.6 Å². The Balaban J connectivity index is 2.93. The van der Waals surface area contributed by atoms with Gasteiger partial charge in [0, 0.05) is 4.47 Å². The molecule has 0 unspecified atom stereocenters. The maximum atomic E-state index is 12.7. The summed E-state index contributed by atoms with van der Waals surface area (Å²) in [5, 5.41) is 0.115. The van der Waals surface area contributed by atoms with Crippen molar-refractivity contribution in [3.05, 3.63) is 59.3 Å². The highest BCUT2D eigenvalue weighted by Gasteiger charge is 2.19. The van der Waals surface area contributed by atoms with Gasteiger partial charge in [0.25, 0.3) is 5.56 Å². The lowest BCUT2D eigenvalue weighted by Crippen LogP contribution is -2.37. The molecule has 1 heterocycles. The van der Waals surface area contributed by atoms with Crippen molar-refractivity contribution in [2.45, 2.75) is 33.6 Å². The summed E-state index contributed by atoms with van der Waals surface area (Å²) >= 11 is 9.43. The number of H-pyrrole nitrogens is 1. The zero-order valence-electron chi connectivity index (χ0n) is 12.3. The molecule has 112 valence electrons. The van der Waals surface area contributed by atoms with Gasteiger partial charge in [-0.15, -0.1) is 0 Å². The minimum absolute atomic E-state index is 0.0795. The van der Waals surface area contributed by atoms with Gasteiger partial charge in [-0.1, -0.05) is 41.4 Å². The van der Waals surface area contributed by atoms with Gasteiger partial charge in [-0.3, -0.25) is 9.78 Å². The number of nitrogens with one attached hydrogen (secondary N) is 1. The molecule has 0 aliphatic carbocycles.